The SMILES string of the molecule is N#Cc1ncccc1COCC1CCCC1. The van der Waals surface area contributed by atoms with Gasteiger partial charge in [-0.1, -0.05) is 18.9 Å². The van der Waals surface area contributed by atoms with E-state index in [2.05, 4.69) is 11.1 Å². The molecular weight excluding hydrogens is 200 g/mol. The molecule has 0 saturated heterocycles. The van der Waals surface area contributed by atoms with Gasteiger partial charge in [0, 0.05) is 18.4 Å². The van der Waals surface area contributed by atoms with Gasteiger partial charge in [-0.3, -0.25) is 0 Å². The number of pyridine rings is 1. The van der Waals surface area contributed by atoms with Crippen LogP contribution in [-0.2, 0) is 11.3 Å². The number of aromatic nitrogens is 1. The van der Waals surface area contributed by atoms with Crippen LogP contribution in [0.25, 0.3) is 0 Å². The average molecular weight is 216 g/mol. The number of nitriles is 1. The minimum Gasteiger partial charge on any atom is -0.376 e. The van der Waals surface area contributed by atoms with Crippen LogP contribution in [0, 0.1) is 17.2 Å². The second-order valence-corrected chi connectivity index (χ2v) is 4.29. The summed E-state index contributed by atoms with van der Waals surface area (Å²) >= 11 is 0. The number of rotatable bonds is 4. The summed E-state index contributed by atoms with van der Waals surface area (Å²) in [5.41, 5.74) is 1.37. The molecule has 0 amide bonds. The second kappa shape index (κ2) is 5.62. The summed E-state index contributed by atoms with van der Waals surface area (Å²) in [6.07, 6.45) is 6.89. The molecule has 0 spiro atoms. The predicted octanol–water partition coefficient (Wildman–Crippen LogP) is 2.66. The first kappa shape index (κ1) is 11.1. The fraction of sp³-hybridized carbons (Fsp3) is 0.538. The van der Waals surface area contributed by atoms with Gasteiger partial charge in [0.05, 0.1) is 6.61 Å². The summed E-state index contributed by atoms with van der Waals surface area (Å²) in [5.74, 6) is 0.724. The Kier molecular flexibility index (Phi) is 3.90. The number of ether oxygens (including phenoxy) is 1. The fourth-order valence-electron chi connectivity index (χ4n) is 2.17. The maximum atomic E-state index is 8.86. The Balaban J connectivity index is 1.82. The van der Waals surface area contributed by atoms with E-state index in [1.807, 2.05) is 12.1 Å². The van der Waals surface area contributed by atoms with Gasteiger partial charge < -0.3 is 4.74 Å². The van der Waals surface area contributed by atoms with Crippen molar-refractivity contribution >= 4 is 0 Å². The van der Waals surface area contributed by atoms with Crippen LogP contribution in [0.5, 0.6) is 0 Å². The molecule has 1 aromatic heterocycles. The van der Waals surface area contributed by atoms with Crippen LogP contribution in [-0.4, -0.2) is 11.6 Å². The molecule has 0 atom stereocenters. The lowest BCUT2D eigenvalue weighted by atomic mass is 10.1. The molecule has 1 saturated carbocycles. The van der Waals surface area contributed by atoms with E-state index in [1.54, 1.807) is 6.20 Å². The first-order valence-electron chi connectivity index (χ1n) is 5.82. The van der Waals surface area contributed by atoms with Gasteiger partial charge >= 0.3 is 0 Å². The van der Waals surface area contributed by atoms with E-state index in [0.717, 1.165) is 18.1 Å². The van der Waals surface area contributed by atoms with Gasteiger partial charge in [0.1, 0.15) is 11.8 Å². The lowest BCUT2D eigenvalue weighted by Crippen LogP contribution is -2.06. The monoisotopic (exact) mass is 216 g/mol. The van der Waals surface area contributed by atoms with E-state index in [9.17, 15) is 0 Å². The topological polar surface area (TPSA) is 45.9 Å². The van der Waals surface area contributed by atoms with Gasteiger partial charge in [0.15, 0.2) is 0 Å². The molecule has 2 rings (SSSR count). The van der Waals surface area contributed by atoms with Gasteiger partial charge in [0.2, 0.25) is 0 Å². The van der Waals surface area contributed by atoms with Gasteiger partial charge in [-0.15, -0.1) is 0 Å². The van der Waals surface area contributed by atoms with Crippen LogP contribution in [0.15, 0.2) is 18.3 Å². The first-order chi connectivity index (χ1) is 7.90. The van der Waals surface area contributed by atoms with Crippen molar-refractivity contribution in [2.75, 3.05) is 6.61 Å². The molecule has 0 unspecified atom stereocenters. The van der Waals surface area contributed by atoms with Crippen molar-refractivity contribution < 1.29 is 4.74 Å². The maximum absolute atomic E-state index is 8.86. The standard InChI is InChI=1S/C13H16N2O/c14-8-13-12(6-3-7-15-13)10-16-9-11-4-1-2-5-11/h3,6-7,11H,1-2,4-5,9-10H2. The molecule has 84 valence electrons. The molecule has 3 nitrogen and oxygen atoms in total. The van der Waals surface area contributed by atoms with Crippen LogP contribution in [0.4, 0.5) is 0 Å². The number of hydrogen-bond donors (Lipinski definition) is 0. The Morgan fingerprint density at radius 1 is 1.44 bits per heavy atom. The summed E-state index contributed by atoms with van der Waals surface area (Å²) < 4.78 is 5.65. The predicted molar refractivity (Wildman–Crippen MR) is 60.6 cm³/mol. The van der Waals surface area contributed by atoms with Crippen LogP contribution >= 0.6 is 0 Å². The molecular formula is C13H16N2O. The molecule has 0 aliphatic heterocycles. The normalized spacial score (nSPS) is 16.2. The largest absolute Gasteiger partial charge is 0.376 e. The zero-order chi connectivity index (χ0) is 11.2. The van der Waals surface area contributed by atoms with Crippen molar-refractivity contribution in [2.45, 2.75) is 32.3 Å². The lowest BCUT2D eigenvalue weighted by molar-refractivity contribution is 0.0885. The summed E-state index contributed by atoms with van der Waals surface area (Å²) in [7, 11) is 0. The summed E-state index contributed by atoms with van der Waals surface area (Å²) in [5, 5.41) is 8.86. The molecule has 0 radical (unpaired) electrons. The summed E-state index contributed by atoms with van der Waals surface area (Å²) in [4.78, 5) is 4.01. The molecule has 1 aliphatic carbocycles. The zero-order valence-electron chi connectivity index (χ0n) is 9.35. The Morgan fingerprint density at radius 3 is 3.00 bits per heavy atom. The highest BCUT2D eigenvalue weighted by molar-refractivity contribution is 5.29. The molecule has 0 bridgehead atoms. The minimum atomic E-state index is 0.480. The third-order valence-electron chi connectivity index (χ3n) is 3.08. The van der Waals surface area contributed by atoms with E-state index in [0.29, 0.717) is 12.3 Å². The van der Waals surface area contributed by atoms with E-state index in [-0.39, 0.29) is 0 Å². The molecule has 1 aromatic rings. The molecule has 1 fully saturated rings. The first-order valence-corrected chi connectivity index (χ1v) is 5.82. The number of hydrogen-bond acceptors (Lipinski definition) is 3. The highest BCUT2D eigenvalue weighted by Crippen LogP contribution is 2.25. The molecule has 1 heterocycles. The van der Waals surface area contributed by atoms with Crippen molar-refractivity contribution in [3.05, 3.63) is 29.6 Å². The Hall–Kier alpha value is -1.40. The number of nitrogens with zero attached hydrogens (tertiary/aromatic N) is 2. The fourth-order valence-corrected chi connectivity index (χ4v) is 2.17. The van der Waals surface area contributed by atoms with Crippen molar-refractivity contribution in [2.24, 2.45) is 5.92 Å². The second-order valence-electron chi connectivity index (χ2n) is 4.29. The summed E-state index contributed by atoms with van der Waals surface area (Å²) in [6, 6.07) is 5.83. The molecule has 0 N–H and O–H groups in total. The van der Waals surface area contributed by atoms with E-state index in [1.165, 1.54) is 25.7 Å². The lowest BCUT2D eigenvalue weighted by Gasteiger charge is -2.10. The van der Waals surface area contributed by atoms with Crippen molar-refractivity contribution in [3.63, 3.8) is 0 Å². The molecule has 1 aliphatic rings. The van der Waals surface area contributed by atoms with Crippen LogP contribution in [0.3, 0.4) is 0 Å². The van der Waals surface area contributed by atoms with Crippen LogP contribution in [0.2, 0.25) is 0 Å². The van der Waals surface area contributed by atoms with Crippen molar-refractivity contribution in [3.8, 4) is 6.07 Å². The Labute approximate surface area is 96.1 Å². The minimum absolute atomic E-state index is 0.480. The van der Waals surface area contributed by atoms with Gasteiger partial charge in [-0.2, -0.15) is 5.26 Å². The smallest absolute Gasteiger partial charge is 0.145 e. The Bertz CT molecular complexity index is 378. The highest BCUT2D eigenvalue weighted by atomic mass is 16.5. The van der Waals surface area contributed by atoms with E-state index >= 15 is 0 Å². The van der Waals surface area contributed by atoms with Crippen LogP contribution in [0.1, 0.15) is 36.9 Å². The van der Waals surface area contributed by atoms with Gasteiger partial charge in [0.25, 0.3) is 0 Å². The van der Waals surface area contributed by atoms with E-state index in [4.69, 9.17) is 10.00 Å². The highest BCUT2D eigenvalue weighted by Gasteiger charge is 2.15. The maximum Gasteiger partial charge on any atom is 0.145 e. The van der Waals surface area contributed by atoms with E-state index < -0.39 is 0 Å². The average Bonchev–Trinajstić information content (AvgIpc) is 2.83. The third kappa shape index (κ3) is 2.80. The molecule has 3 heteroatoms. The van der Waals surface area contributed by atoms with Gasteiger partial charge in [-0.05, 0) is 24.8 Å². The third-order valence-corrected chi connectivity index (χ3v) is 3.08. The van der Waals surface area contributed by atoms with Crippen LogP contribution < -0.4 is 0 Å². The Morgan fingerprint density at radius 2 is 2.25 bits per heavy atom. The molecule has 0 aromatic carbocycles. The quantitative estimate of drug-likeness (QED) is 0.777. The zero-order valence-corrected chi connectivity index (χ0v) is 9.35. The molecule has 16 heavy (non-hydrogen) atoms. The van der Waals surface area contributed by atoms with Gasteiger partial charge in [-0.25, -0.2) is 4.98 Å². The van der Waals surface area contributed by atoms with Crippen molar-refractivity contribution in [1.82, 2.24) is 4.98 Å². The van der Waals surface area contributed by atoms with Crippen molar-refractivity contribution in [1.29, 1.82) is 5.26 Å². The summed E-state index contributed by atoms with van der Waals surface area (Å²) in [6.45, 7) is 1.33.